The van der Waals surface area contributed by atoms with Gasteiger partial charge in [0.2, 0.25) is 10.0 Å². The molecule has 2 aromatic rings. The second-order valence-corrected chi connectivity index (χ2v) is 6.16. The van der Waals surface area contributed by atoms with Gasteiger partial charge in [0.25, 0.3) is 0 Å². The third kappa shape index (κ3) is 3.65. The fourth-order valence-corrected chi connectivity index (χ4v) is 2.26. The molecule has 2 aromatic heterocycles. The lowest BCUT2D eigenvalue weighted by Crippen LogP contribution is -2.24. The number of rotatable bonds is 6. The summed E-state index contributed by atoms with van der Waals surface area (Å²) in [6.07, 6.45) is 5.29. The second-order valence-electron chi connectivity index (χ2n) is 4.33. The molecule has 0 spiro atoms. The normalized spacial score (nSPS) is 11.9. The summed E-state index contributed by atoms with van der Waals surface area (Å²) in [5.74, 6) is 0.720. The number of anilines is 1. The van der Waals surface area contributed by atoms with Crippen LogP contribution in [-0.2, 0) is 17.1 Å². The maximum Gasteiger partial charge on any atom is 0.208 e. The van der Waals surface area contributed by atoms with Gasteiger partial charge >= 0.3 is 0 Å². The van der Waals surface area contributed by atoms with Crippen molar-refractivity contribution < 1.29 is 8.42 Å². The summed E-state index contributed by atoms with van der Waals surface area (Å²) in [7, 11) is -1.18. The number of fused-ring (bicyclic) bond motifs is 1. The van der Waals surface area contributed by atoms with Gasteiger partial charge in [-0.3, -0.25) is 0 Å². The smallest absolute Gasteiger partial charge is 0.208 e. The zero-order valence-corrected chi connectivity index (χ0v) is 11.7. The molecule has 0 saturated heterocycles. The summed E-state index contributed by atoms with van der Waals surface area (Å²) in [5.41, 5.74) is 1.83. The maximum atomic E-state index is 10.9. The van der Waals surface area contributed by atoms with Crippen LogP contribution in [0.15, 0.2) is 18.6 Å². The van der Waals surface area contributed by atoms with Crippen LogP contribution in [-0.4, -0.2) is 42.3 Å². The molecule has 2 N–H and O–H groups in total. The van der Waals surface area contributed by atoms with Crippen molar-refractivity contribution in [1.82, 2.24) is 19.3 Å². The predicted molar refractivity (Wildman–Crippen MR) is 74.5 cm³/mol. The molecule has 2 rings (SSSR count). The SMILES string of the molecule is Cn1cnc2c(NCCCNS(C)(=O)=O)nccc21. The predicted octanol–water partition coefficient (Wildman–Crippen LogP) is 0.319. The molecule has 0 radical (unpaired) electrons. The Bertz CT molecular complexity index is 665. The monoisotopic (exact) mass is 283 g/mol. The second kappa shape index (κ2) is 5.54. The van der Waals surface area contributed by atoms with Crippen molar-refractivity contribution in [2.75, 3.05) is 24.7 Å². The highest BCUT2D eigenvalue weighted by Crippen LogP contribution is 2.18. The summed E-state index contributed by atoms with van der Waals surface area (Å²) in [6, 6.07) is 1.90. The van der Waals surface area contributed by atoms with Gasteiger partial charge in [0.15, 0.2) is 5.82 Å². The van der Waals surface area contributed by atoms with Crippen molar-refractivity contribution in [1.29, 1.82) is 0 Å². The third-order valence-corrected chi connectivity index (χ3v) is 3.38. The van der Waals surface area contributed by atoms with Gasteiger partial charge in [-0.05, 0) is 12.5 Å². The number of hydrogen-bond donors (Lipinski definition) is 2. The van der Waals surface area contributed by atoms with Gasteiger partial charge in [0.05, 0.1) is 18.1 Å². The van der Waals surface area contributed by atoms with E-state index in [1.54, 1.807) is 12.5 Å². The lowest BCUT2D eigenvalue weighted by atomic mass is 10.3. The molecule has 8 heteroatoms. The molecule has 2 heterocycles. The molecule has 104 valence electrons. The lowest BCUT2D eigenvalue weighted by molar-refractivity contribution is 0.586. The molecule has 0 bridgehead atoms. The van der Waals surface area contributed by atoms with E-state index in [2.05, 4.69) is 20.0 Å². The highest BCUT2D eigenvalue weighted by atomic mass is 32.2. The zero-order chi connectivity index (χ0) is 13.9. The van der Waals surface area contributed by atoms with Crippen LogP contribution in [0.1, 0.15) is 6.42 Å². The highest BCUT2D eigenvalue weighted by Gasteiger charge is 2.06. The lowest BCUT2D eigenvalue weighted by Gasteiger charge is -2.06. The molecule has 0 atom stereocenters. The van der Waals surface area contributed by atoms with Crippen LogP contribution in [0.5, 0.6) is 0 Å². The molecule has 0 aliphatic rings. The van der Waals surface area contributed by atoms with Gasteiger partial charge in [-0.1, -0.05) is 0 Å². The molecule has 19 heavy (non-hydrogen) atoms. The Morgan fingerprint density at radius 2 is 2.11 bits per heavy atom. The molecule has 0 unspecified atom stereocenters. The van der Waals surface area contributed by atoms with E-state index in [0.29, 0.717) is 19.5 Å². The minimum absolute atomic E-state index is 0.407. The average Bonchev–Trinajstić information content (AvgIpc) is 2.70. The summed E-state index contributed by atoms with van der Waals surface area (Å²) in [6.45, 7) is 1.04. The Labute approximate surface area is 112 Å². The van der Waals surface area contributed by atoms with Crippen molar-refractivity contribution in [3.05, 3.63) is 18.6 Å². The van der Waals surface area contributed by atoms with E-state index in [0.717, 1.165) is 23.1 Å². The van der Waals surface area contributed by atoms with E-state index in [-0.39, 0.29) is 0 Å². The molecule has 0 amide bonds. The Kier molecular flexibility index (Phi) is 4.01. The zero-order valence-electron chi connectivity index (χ0n) is 10.9. The Hall–Kier alpha value is -1.67. The minimum Gasteiger partial charge on any atom is -0.368 e. The first-order chi connectivity index (χ1) is 8.97. The number of aryl methyl sites for hydroxylation is 1. The average molecular weight is 283 g/mol. The van der Waals surface area contributed by atoms with E-state index in [1.807, 2.05) is 17.7 Å². The quantitative estimate of drug-likeness (QED) is 0.745. The molecule has 0 aliphatic heterocycles. The standard InChI is InChI=1S/C11H17N5O2S/c1-16-8-14-10-9(16)4-7-13-11(10)12-5-3-6-15-19(2,17)18/h4,7-8,15H,3,5-6H2,1-2H3,(H,12,13). The first-order valence-corrected chi connectivity index (χ1v) is 7.81. The molecule has 0 saturated carbocycles. The Balaban J connectivity index is 1.92. The number of nitrogens with zero attached hydrogens (tertiary/aromatic N) is 3. The number of aromatic nitrogens is 3. The fourth-order valence-electron chi connectivity index (χ4n) is 1.74. The molecular weight excluding hydrogens is 266 g/mol. The van der Waals surface area contributed by atoms with Crippen LogP contribution in [0, 0.1) is 0 Å². The third-order valence-electron chi connectivity index (χ3n) is 2.65. The fraction of sp³-hybridized carbons (Fsp3) is 0.455. The van der Waals surface area contributed by atoms with Crippen LogP contribution in [0.4, 0.5) is 5.82 Å². The van der Waals surface area contributed by atoms with E-state index >= 15 is 0 Å². The molecule has 7 nitrogen and oxygen atoms in total. The summed E-state index contributed by atoms with van der Waals surface area (Å²) >= 11 is 0. The number of hydrogen-bond acceptors (Lipinski definition) is 5. The van der Waals surface area contributed by atoms with Gasteiger partial charge < -0.3 is 9.88 Å². The minimum atomic E-state index is -3.11. The largest absolute Gasteiger partial charge is 0.368 e. The van der Waals surface area contributed by atoms with E-state index in [1.165, 1.54) is 0 Å². The maximum absolute atomic E-state index is 10.9. The Morgan fingerprint density at radius 3 is 2.84 bits per heavy atom. The van der Waals surface area contributed by atoms with Crippen LogP contribution in [0.2, 0.25) is 0 Å². The Morgan fingerprint density at radius 1 is 1.32 bits per heavy atom. The van der Waals surface area contributed by atoms with E-state index < -0.39 is 10.0 Å². The topological polar surface area (TPSA) is 88.9 Å². The number of sulfonamides is 1. The molecule has 0 aliphatic carbocycles. The van der Waals surface area contributed by atoms with Gasteiger partial charge in [-0.25, -0.2) is 23.1 Å². The molecule has 0 fully saturated rings. The summed E-state index contributed by atoms with van der Waals surface area (Å²) in [4.78, 5) is 8.52. The number of imidazole rings is 1. The number of pyridine rings is 1. The first-order valence-electron chi connectivity index (χ1n) is 5.92. The molecular formula is C11H17N5O2S. The number of nitrogens with one attached hydrogen (secondary N) is 2. The van der Waals surface area contributed by atoms with Crippen LogP contribution in [0.3, 0.4) is 0 Å². The van der Waals surface area contributed by atoms with Gasteiger partial charge in [0, 0.05) is 26.3 Å². The highest BCUT2D eigenvalue weighted by molar-refractivity contribution is 7.88. The van der Waals surface area contributed by atoms with Crippen molar-refractivity contribution in [2.24, 2.45) is 7.05 Å². The molecule has 0 aromatic carbocycles. The van der Waals surface area contributed by atoms with Crippen LogP contribution in [0.25, 0.3) is 11.0 Å². The van der Waals surface area contributed by atoms with Gasteiger partial charge in [-0.15, -0.1) is 0 Å². The van der Waals surface area contributed by atoms with E-state index in [4.69, 9.17) is 0 Å². The van der Waals surface area contributed by atoms with Crippen molar-refractivity contribution >= 4 is 26.9 Å². The van der Waals surface area contributed by atoms with Gasteiger partial charge in [-0.2, -0.15) is 0 Å². The van der Waals surface area contributed by atoms with Crippen LogP contribution >= 0.6 is 0 Å². The summed E-state index contributed by atoms with van der Waals surface area (Å²) in [5, 5.41) is 3.17. The van der Waals surface area contributed by atoms with Crippen LogP contribution < -0.4 is 10.0 Å². The van der Waals surface area contributed by atoms with Gasteiger partial charge in [0.1, 0.15) is 5.52 Å². The van der Waals surface area contributed by atoms with E-state index in [9.17, 15) is 8.42 Å². The van der Waals surface area contributed by atoms with Crippen molar-refractivity contribution in [3.8, 4) is 0 Å². The van der Waals surface area contributed by atoms with Crippen molar-refractivity contribution in [3.63, 3.8) is 0 Å². The van der Waals surface area contributed by atoms with Crippen molar-refractivity contribution in [2.45, 2.75) is 6.42 Å². The first kappa shape index (κ1) is 13.8. The summed E-state index contributed by atoms with van der Waals surface area (Å²) < 4.78 is 26.1.